The number of carbonyl (C=O) groups excluding carboxylic acids is 1. The Bertz CT molecular complexity index is 1120. The molecular formula is C29H35N3O2. The zero-order chi connectivity index (χ0) is 23.3. The molecule has 1 aromatic heterocycles. The van der Waals surface area contributed by atoms with Gasteiger partial charge in [0.2, 0.25) is 0 Å². The summed E-state index contributed by atoms with van der Waals surface area (Å²) in [6.07, 6.45) is 9.44. The Morgan fingerprint density at radius 1 is 1.06 bits per heavy atom. The van der Waals surface area contributed by atoms with Gasteiger partial charge in [0.05, 0.1) is 6.04 Å². The maximum absolute atomic E-state index is 13.8. The molecule has 2 atom stereocenters. The van der Waals surface area contributed by atoms with Crippen LogP contribution in [0, 0.1) is 5.92 Å². The topological polar surface area (TPSA) is 54.5 Å². The average molecular weight is 458 g/mol. The summed E-state index contributed by atoms with van der Waals surface area (Å²) in [5, 5.41) is 4.79. The van der Waals surface area contributed by atoms with Gasteiger partial charge in [-0.1, -0.05) is 55.7 Å². The molecule has 0 spiro atoms. The first-order valence-electron chi connectivity index (χ1n) is 12.8. The molecule has 2 aliphatic rings. The van der Waals surface area contributed by atoms with Crippen molar-refractivity contribution in [2.45, 2.75) is 57.0 Å². The Morgan fingerprint density at radius 2 is 1.88 bits per heavy atom. The van der Waals surface area contributed by atoms with Crippen LogP contribution in [-0.2, 0) is 11.2 Å². The highest BCUT2D eigenvalue weighted by Crippen LogP contribution is 2.31. The zero-order valence-electron chi connectivity index (χ0n) is 20.1. The van der Waals surface area contributed by atoms with Gasteiger partial charge in [-0.05, 0) is 56.5 Å². The number of ketones is 1. The Morgan fingerprint density at radius 3 is 2.76 bits per heavy atom. The van der Waals surface area contributed by atoms with Crippen molar-refractivity contribution in [3.63, 3.8) is 0 Å². The maximum atomic E-state index is 13.8. The number of hydrogen-bond acceptors (Lipinski definition) is 5. The second-order valence-corrected chi connectivity index (χ2v) is 9.79. The molecule has 5 heteroatoms. The van der Waals surface area contributed by atoms with Crippen LogP contribution in [0.25, 0.3) is 10.9 Å². The van der Waals surface area contributed by atoms with Crippen molar-refractivity contribution in [1.29, 1.82) is 0 Å². The standard InChI is InChI=1S/C29H35N3O2/c1-32(19-20-34-26-15-7-12-22-13-8-18-30-27(22)26)28(29(33)23-10-3-2-4-11-23)25-17-16-21-9-5-6-14-24(21)31-25/h5-9,12-15,18,23,25,28,31H,2-4,10-11,16-17,19-20H2,1H3. The summed E-state index contributed by atoms with van der Waals surface area (Å²) in [5.41, 5.74) is 3.40. The van der Waals surface area contributed by atoms with Crippen molar-refractivity contribution < 1.29 is 9.53 Å². The number of nitrogens with one attached hydrogen (secondary N) is 1. The number of fused-ring (bicyclic) bond motifs is 2. The number of ether oxygens (including phenoxy) is 1. The van der Waals surface area contributed by atoms with Crippen LogP contribution >= 0.6 is 0 Å². The number of hydrogen-bond donors (Lipinski definition) is 1. The van der Waals surface area contributed by atoms with E-state index >= 15 is 0 Å². The Hall–Kier alpha value is -2.92. The first-order chi connectivity index (χ1) is 16.7. The predicted molar refractivity (Wildman–Crippen MR) is 137 cm³/mol. The lowest BCUT2D eigenvalue weighted by Crippen LogP contribution is -2.54. The monoisotopic (exact) mass is 457 g/mol. The lowest BCUT2D eigenvalue weighted by atomic mass is 9.80. The molecule has 2 unspecified atom stereocenters. The SMILES string of the molecule is CN(CCOc1cccc2cccnc12)C(C(=O)C1CCCCC1)C1CCc2ccccc2N1. The number of aryl methyl sites for hydroxylation is 1. The molecule has 1 saturated carbocycles. The number of anilines is 1. The molecule has 0 radical (unpaired) electrons. The molecule has 0 bridgehead atoms. The van der Waals surface area contributed by atoms with Crippen LogP contribution in [-0.4, -0.2) is 48.0 Å². The van der Waals surface area contributed by atoms with E-state index in [4.69, 9.17) is 4.74 Å². The number of aromatic nitrogens is 1. The summed E-state index contributed by atoms with van der Waals surface area (Å²) < 4.78 is 6.17. The van der Waals surface area contributed by atoms with Gasteiger partial charge < -0.3 is 10.1 Å². The molecule has 3 aromatic rings. The molecule has 1 fully saturated rings. The molecule has 5 nitrogen and oxygen atoms in total. The van der Waals surface area contributed by atoms with E-state index in [2.05, 4.69) is 46.5 Å². The third-order valence-electron chi connectivity index (χ3n) is 7.54. The van der Waals surface area contributed by atoms with Crippen molar-refractivity contribution in [3.05, 3.63) is 66.4 Å². The van der Waals surface area contributed by atoms with Gasteiger partial charge in [0.25, 0.3) is 0 Å². The molecule has 0 amide bonds. The molecule has 0 saturated heterocycles. The Balaban J connectivity index is 1.30. The first kappa shape index (κ1) is 22.9. The number of Topliss-reactive ketones (excluding diaryl/α,β-unsaturated/α-hetero) is 1. The summed E-state index contributed by atoms with van der Waals surface area (Å²) >= 11 is 0. The zero-order valence-corrected chi connectivity index (χ0v) is 20.1. The second-order valence-electron chi connectivity index (χ2n) is 9.79. The third-order valence-corrected chi connectivity index (χ3v) is 7.54. The molecule has 2 heterocycles. The average Bonchev–Trinajstić information content (AvgIpc) is 2.89. The molecule has 34 heavy (non-hydrogen) atoms. The fourth-order valence-corrected chi connectivity index (χ4v) is 5.68. The summed E-state index contributed by atoms with van der Waals surface area (Å²) in [5.74, 6) is 1.39. The van der Waals surface area contributed by atoms with Crippen molar-refractivity contribution in [3.8, 4) is 5.75 Å². The lowest BCUT2D eigenvalue weighted by molar-refractivity contribution is -0.129. The lowest BCUT2D eigenvalue weighted by Gasteiger charge is -2.39. The smallest absolute Gasteiger partial charge is 0.155 e. The van der Waals surface area contributed by atoms with Gasteiger partial charge in [0.1, 0.15) is 17.9 Å². The number of rotatable bonds is 8. The van der Waals surface area contributed by atoms with E-state index in [0.717, 1.165) is 42.3 Å². The minimum atomic E-state index is -0.148. The van der Waals surface area contributed by atoms with Crippen LogP contribution < -0.4 is 10.1 Å². The molecule has 1 N–H and O–H groups in total. The summed E-state index contributed by atoms with van der Waals surface area (Å²) in [7, 11) is 2.08. The van der Waals surface area contributed by atoms with E-state index in [-0.39, 0.29) is 18.0 Å². The van der Waals surface area contributed by atoms with Crippen LogP contribution in [0.5, 0.6) is 5.75 Å². The highest BCUT2D eigenvalue weighted by Gasteiger charge is 2.37. The first-order valence-corrected chi connectivity index (χ1v) is 12.8. The number of carbonyl (C=O) groups is 1. The summed E-state index contributed by atoms with van der Waals surface area (Å²) in [6.45, 7) is 1.20. The van der Waals surface area contributed by atoms with E-state index in [1.165, 1.54) is 30.5 Å². The summed E-state index contributed by atoms with van der Waals surface area (Å²) in [6, 6.07) is 18.5. The van der Waals surface area contributed by atoms with Gasteiger partial charge in [0, 0.05) is 35.8 Å². The molecule has 178 valence electrons. The van der Waals surface area contributed by atoms with Gasteiger partial charge in [-0.3, -0.25) is 14.7 Å². The van der Waals surface area contributed by atoms with Crippen molar-refractivity contribution in [2.75, 3.05) is 25.5 Å². The van der Waals surface area contributed by atoms with E-state index in [0.29, 0.717) is 18.9 Å². The Labute approximate surface area is 202 Å². The number of likely N-dealkylation sites (N-methyl/N-ethyl adjacent to an activating group) is 1. The fourth-order valence-electron chi connectivity index (χ4n) is 5.68. The van der Waals surface area contributed by atoms with E-state index in [1.54, 1.807) is 6.20 Å². The maximum Gasteiger partial charge on any atom is 0.155 e. The van der Waals surface area contributed by atoms with Crippen LogP contribution in [0.4, 0.5) is 5.69 Å². The summed E-state index contributed by atoms with van der Waals surface area (Å²) in [4.78, 5) is 20.5. The van der Waals surface area contributed by atoms with Gasteiger partial charge in [-0.2, -0.15) is 0 Å². The third kappa shape index (κ3) is 4.95. The normalized spacial score (nSPS) is 19.4. The fraction of sp³-hybridized carbons (Fsp3) is 0.448. The molecular weight excluding hydrogens is 422 g/mol. The predicted octanol–water partition coefficient (Wildman–Crippen LogP) is 5.49. The molecule has 1 aliphatic carbocycles. The Kier molecular flexibility index (Phi) is 7.10. The number of nitrogens with zero attached hydrogens (tertiary/aromatic N) is 2. The van der Waals surface area contributed by atoms with Gasteiger partial charge >= 0.3 is 0 Å². The highest BCUT2D eigenvalue weighted by molar-refractivity contribution is 5.88. The minimum Gasteiger partial charge on any atom is -0.490 e. The quantitative estimate of drug-likeness (QED) is 0.485. The van der Waals surface area contributed by atoms with Gasteiger partial charge in [-0.25, -0.2) is 0 Å². The molecule has 5 rings (SSSR count). The van der Waals surface area contributed by atoms with E-state index in [1.807, 2.05) is 30.3 Å². The van der Waals surface area contributed by atoms with Crippen LogP contribution in [0.3, 0.4) is 0 Å². The number of para-hydroxylation sites is 2. The van der Waals surface area contributed by atoms with Crippen LogP contribution in [0.15, 0.2) is 60.8 Å². The van der Waals surface area contributed by atoms with Crippen LogP contribution in [0.2, 0.25) is 0 Å². The minimum absolute atomic E-state index is 0.119. The van der Waals surface area contributed by atoms with Gasteiger partial charge in [0.15, 0.2) is 5.78 Å². The van der Waals surface area contributed by atoms with Crippen LogP contribution in [0.1, 0.15) is 44.1 Å². The molecule has 2 aromatic carbocycles. The number of benzene rings is 2. The van der Waals surface area contributed by atoms with E-state index in [9.17, 15) is 4.79 Å². The van der Waals surface area contributed by atoms with Gasteiger partial charge in [-0.15, -0.1) is 0 Å². The van der Waals surface area contributed by atoms with Crippen molar-refractivity contribution >= 4 is 22.4 Å². The van der Waals surface area contributed by atoms with Crippen molar-refractivity contribution in [2.24, 2.45) is 5.92 Å². The largest absolute Gasteiger partial charge is 0.490 e. The number of pyridine rings is 1. The molecule has 1 aliphatic heterocycles. The van der Waals surface area contributed by atoms with E-state index < -0.39 is 0 Å². The highest BCUT2D eigenvalue weighted by atomic mass is 16.5. The second kappa shape index (κ2) is 10.6. The van der Waals surface area contributed by atoms with Crippen molar-refractivity contribution in [1.82, 2.24) is 9.88 Å².